The summed E-state index contributed by atoms with van der Waals surface area (Å²) in [5, 5.41) is 0. The van der Waals surface area contributed by atoms with Crippen molar-refractivity contribution in [2.24, 2.45) is 0 Å². The van der Waals surface area contributed by atoms with Gasteiger partial charge < -0.3 is 11.6 Å². The lowest BCUT2D eigenvalue weighted by atomic mass is 10.4. The SMILES string of the molecule is Cc1ncn(N)c(=O)c1N. The van der Waals surface area contributed by atoms with E-state index in [4.69, 9.17) is 11.6 Å². The first-order valence-electron chi connectivity index (χ1n) is 2.71. The Hall–Kier alpha value is -1.52. The molecule has 0 bridgehead atoms. The number of hydrogen-bond acceptors (Lipinski definition) is 4. The van der Waals surface area contributed by atoms with Crippen LogP contribution in [0.3, 0.4) is 0 Å². The molecule has 54 valence electrons. The molecule has 0 saturated carbocycles. The second-order valence-corrected chi connectivity index (χ2v) is 1.96. The molecule has 0 radical (unpaired) electrons. The maximum atomic E-state index is 10.9. The van der Waals surface area contributed by atoms with Crippen LogP contribution in [0.2, 0.25) is 0 Å². The van der Waals surface area contributed by atoms with Crippen LogP contribution >= 0.6 is 0 Å². The number of nitrogen functional groups attached to an aromatic ring is 2. The van der Waals surface area contributed by atoms with Gasteiger partial charge in [0.25, 0.3) is 5.56 Å². The van der Waals surface area contributed by atoms with E-state index in [0.29, 0.717) is 5.69 Å². The Labute approximate surface area is 57.3 Å². The molecule has 0 aliphatic heterocycles. The summed E-state index contributed by atoms with van der Waals surface area (Å²) in [6.07, 6.45) is 1.23. The zero-order chi connectivity index (χ0) is 7.72. The molecule has 1 rings (SSSR count). The number of rotatable bonds is 0. The highest BCUT2D eigenvalue weighted by Gasteiger charge is 2.00. The van der Waals surface area contributed by atoms with Crippen molar-refractivity contribution < 1.29 is 0 Å². The maximum absolute atomic E-state index is 10.9. The Kier molecular flexibility index (Phi) is 1.33. The van der Waals surface area contributed by atoms with Gasteiger partial charge in [0.05, 0.1) is 5.69 Å². The van der Waals surface area contributed by atoms with Gasteiger partial charge in [-0.1, -0.05) is 0 Å². The van der Waals surface area contributed by atoms with Crippen LogP contribution in [-0.2, 0) is 0 Å². The van der Waals surface area contributed by atoms with Gasteiger partial charge in [-0.15, -0.1) is 0 Å². The molecule has 0 amide bonds. The van der Waals surface area contributed by atoms with Gasteiger partial charge in [0.2, 0.25) is 0 Å². The summed E-state index contributed by atoms with van der Waals surface area (Å²) >= 11 is 0. The summed E-state index contributed by atoms with van der Waals surface area (Å²) in [5.74, 6) is 5.15. The molecule has 0 aliphatic carbocycles. The van der Waals surface area contributed by atoms with Crippen LogP contribution in [-0.4, -0.2) is 9.66 Å². The lowest BCUT2D eigenvalue weighted by Crippen LogP contribution is -2.29. The molecule has 5 heteroatoms. The summed E-state index contributed by atoms with van der Waals surface area (Å²) in [7, 11) is 0. The van der Waals surface area contributed by atoms with E-state index in [1.165, 1.54) is 6.33 Å². The van der Waals surface area contributed by atoms with Crippen LogP contribution in [0.5, 0.6) is 0 Å². The normalized spacial score (nSPS) is 9.70. The first-order valence-corrected chi connectivity index (χ1v) is 2.71. The third-order valence-corrected chi connectivity index (χ3v) is 1.23. The van der Waals surface area contributed by atoms with Crippen molar-refractivity contribution >= 4 is 5.69 Å². The Morgan fingerprint density at radius 3 is 2.80 bits per heavy atom. The van der Waals surface area contributed by atoms with E-state index in [2.05, 4.69) is 4.98 Å². The summed E-state index contributed by atoms with van der Waals surface area (Å²) < 4.78 is 0.850. The highest BCUT2D eigenvalue weighted by atomic mass is 16.1. The number of aryl methyl sites for hydroxylation is 1. The van der Waals surface area contributed by atoms with Gasteiger partial charge in [-0.2, -0.15) is 0 Å². The molecule has 0 aromatic carbocycles. The zero-order valence-corrected chi connectivity index (χ0v) is 5.53. The molecule has 1 aromatic heterocycles. The van der Waals surface area contributed by atoms with E-state index in [-0.39, 0.29) is 5.69 Å². The van der Waals surface area contributed by atoms with E-state index >= 15 is 0 Å². The average molecular weight is 140 g/mol. The van der Waals surface area contributed by atoms with Gasteiger partial charge in [0, 0.05) is 0 Å². The lowest BCUT2D eigenvalue weighted by molar-refractivity contribution is 0.880. The van der Waals surface area contributed by atoms with Gasteiger partial charge in [0.15, 0.2) is 0 Å². The van der Waals surface area contributed by atoms with Crippen molar-refractivity contribution in [1.29, 1.82) is 0 Å². The van der Waals surface area contributed by atoms with Crippen LogP contribution in [0.4, 0.5) is 5.69 Å². The van der Waals surface area contributed by atoms with Crippen molar-refractivity contribution in [1.82, 2.24) is 9.66 Å². The number of aromatic nitrogens is 2. The van der Waals surface area contributed by atoms with E-state index in [0.717, 1.165) is 4.68 Å². The largest absolute Gasteiger partial charge is 0.393 e. The summed E-state index contributed by atoms with van der Waals surface area (Å²) in [4.78, 5) is 14.6. The minimum Gasteiger partial charge on any atom is -0.393 e. The topological polar surface area (TPSA) is 86.9 Å². The van der Waals surface area contributed by atoms with Crippen molar-refractivity contribution in [2.75, 3.05) is 11.6 Å². The lowest BCUT2D eigenvalue weighted by Gasteiger charge is -1.99. The molecule has 1 heterocycles. The van der Waals surface area contributed by atoms with Crippen LogP contribution in [0.1, 0.15) is 5.69 Å². The molecule has 1 aromatic rings. The molecule has 0 fully saturated rings. The minimum absolute atomic E-state index is 0.102. The van der Waals surface area contributed by atoms with Crippen molar-refractivity contribution in [2.45, 2.75) is 6.92 Å². The molecular formula is C5H8N4O. The number of hydrogen-bond donors (Lipinski definition) is 2. The van der Waals surface area contributed by atoms with Gasteiger partial charge in [-0.3, -0.25) is 4.79 Å². The Morgan fingerprint density at radius 1 is 1.70 bits per heavy atom. The predicted molar refractivity (Wildman–Crippen MR) is 37.8 cm³/mol. The van der Waals surface area contributed by atoms with E-state index in [1.54, 1.807) is 6.92 Å². The van der Waals surface area contributed by atoms with E-state index in [1.807, 2.05) is 0 Å². The molecule has 0 unspecified atom stereocenters. The first-order chi connectivity index (χ1) is 4.63. The quantitative estimate of drug-likeness (QED) is 0.445. The zero-order valence-electron chi connectivity index (χ0n) is 5.53. The molecule has 5 nitrogen and oxygen atoms in total. The van der Waals surface area contributed by atoms with Crippen LogP contribution < -0.4 is 17.1 Å². The molecule has 0 aliphatic rings. The molecule has 0 saturated heterocycles. The molecular weight excluding hydrogens is 132 g/mol. The van der Waals surface area contributed by atoms with Gasteiger partial charge in [0.1, 0.15) is 12.0 Å². The van der Waals surface area contributed by atoms with Crippen LogP contribution in [0.15, 0.2) is 11.1 Å². The first kappa shape index (κ1) is 6.60. The van der Waals surface area contributed by atoms with Crippen LogP contribution in [0.25, 0.3) is 0 Å². The summed E-state index contributed by atoms with van der Waals surface area (Å²) in [5.41, 5.74) is 5.51. The second kappa shape index (κ2) is 2.02. The fourth-order valence-corrected chi connectivity index (χ4v) is 0.565. The van der Waals surface area contributed by atoms with Gasteiger partial charge in [-0.25, -0.2) is 9.66 Å². The van der Waals surface area contributed by atoms with Crippen molar-refractivity contribution in [3.8, 4) is 0 Å². The number of nitrogens with two attached hydrogens (primary N) is 2. The third kappa shape index (κ3) is 0.812. The van der Waals surface area contributed by atoms with E-state index in [9.17, 15) is 4.79 Å². The highest BCUT2D eigenvalue weighted by Crippen LogP contribution is 1.95. The predicted octanol–water partition coefficient (Wildman–Crippen LogP) is -1.15. The molecule has 10 heavy (non-hydrogen) atoms. The smallest absolute Gasteiger partial charge is 0.295 e. The molecule has 4 N–H and O–H groups in total. The minimum atomic E-state index is -0.410. The average Bonchev–Trinajstić information content (AvgIpc) is 1.93. The Morgan fingerprint density at radius 2 is 2.30 bits per heavy atom. The van der Waals surface area contributed by atoms with Gasteiger partial charge >= 0.3 is 0 Å². The Balaban J connectivity index is 3.50. The Bertz CT molecular complexity index is 303. The fourth-order valence-electron chi connectivity index (χ4n) is 0.565. The molecule has 0 atom stereocenters. The van der Waals surface area contributed by atoms with Crippen LogP contribution in [0, 0.1) is 6.92 Å². The monoisotopic (exact) mass is 140 g/mol. The fraction of sp³-hybridized carbons (Fsp3) is 0.200. The summed E-state index contributed by atoms with van der Waals surface area (Å²) in [6.45, 7) is 1.65. The molecule has 0 spiro atoms. The maximum Gasteiger partial charge on any atom is 0.295 e. The van der Waals surface area contributed by atoms with Crippen molar-refractivity contribution in [3.05, 3.63) is 22.4 Å². The van der Waals surface area contributed by atoms with E-state index < -0.39 is 5.56 Å². The van der Waals surface area contributed by atoms with Crippen molar-refractivity contribution in [3.63, 3.8) is 0 Å². The number of anilines is 1. The standard InChI is InChI=1S/C5H8N4O/c1-3-4(6)5(10)9(7)2-8-3/h2H,6-7H2,1H3. The highest BCUT2D eigenvalue weighted by molar-refractivity contribution is 5.38. The second-order valence-electron chi connectivity index (χ2n) is 1.96. The van der Waals surface area contributed by atoms with Gasteiger partial charge in [-0.05, 0) is 6.92 Å². The third-order valence-electron chi connectivity index (χ3n) is 1.23. The summed E-state index contributed by atoms with van der Waals surface area (Å²) in [6, 6.07) is 0. The number of nitrogens with zero attached hydrogens (tertiary/aromatic N) is 2.